The maximum Gasteiger partial charge on any atom is 0.338 e. The molecule has 0 radical (unpaired) electrons. The summed E-state index contributed by atoms with van der Waals surface area (Å²) in [5, 5.41) is 8.11. The Morgan fingerprint density at radius 3 is 2.38 bits per heavy atom. The molecule has 0 saturated carbocycles. The molecule has 0 aliphatic rings. The van der Waals surface area contributed by atoms with Crippen molar-refractivity contribution < 1.29 is 19.1 Å². The van der Waals surface area contributed by atoms with Crippen molar-refractivity contribution in [1.29, 1.82) is 0 Å². The van der Waals surface area contributed by atoms with Crippen LogP contribution in [0.4, 0.5) is 10.5 Å². The Kier molecular flexibility index (Phi) is 9.64. The Morgan fingerprint density at radius 2 is 1.78 bits per heavy atom. The molecule has 1 aromatic carbocycles. The minimum atomic E-state index is -0.399. The van der Waals surface area contributed by atoms with Crippen LogP contribution < -0.4 is 10.6 Å². The number of carbonyl (C=O) groups excluding carboxylic acids is 3. The molecule has 2 rings (SSSR count). The summed E-state index contributed by atoms with van der Waals surface area (Å²) in [6.07, 6.45) is 0. The Hall–Kier alpha value is -2.94. The van der Waals surface area contributed by atoms with E-state index in [1.165, 1.54) is 11.3 Å². The number of amides is 3. The number of urea groups is 1. The van der Waals surface area contributed by atoms with E-state index in [-0.39, 0.29) is 17.9 Å². The summed E-state index contributed by atoms with van der Waals surface area (Å²) in [6.45, 7) is 11.6. The van der Waals surface area contributed by atoms with Crippen LogP contribution in [0.3, 0.4) is 0 Å². The van der Waals surface area contributed by atoms with E-state index in [9.17, 15) is 14.4 Å². The number of rotatable bonds is 10. The highest BCUT2D eigenvalue weighted by molar-refractivity contribution is 7.09. The van der Waals surface area contributed by atoms with E-state index in [1.807, 2.05) is 27.7 Å². The first-order valence-electron chi connectivity index (χ1n) is 10.7. The fourth-order valence-corrected chi connectivity index (χ4v) is 3.59. The number of hydrogen-bond acceptors (Lipinski definition) is 6. The number of benzene rings is 1. The Balaban J connectivity index is 2.04. The van der Waals surface area contributed by atoms with Gasteiger partial charge >= 0.3 is 12.0 Å². The van der Waals surface area contributed by atoms with Gasteiger partial charge < -0.3 is 20.3 Å². The summed E-state index contributed by atoms with van der Waals surface area (Å²) < 4.78 is 4.97. The molecule has 0 spiro atoms. The lowest BCUT2D eigenvalue weighted by atomic mass is 10.2. The van der Waals surface area contributed by atoms with Gasteiger partial charge in [0.15, 0.2) is 0 Å². The van der Waals surface area contributed by atoms with E-state index < -0.39 is 5.97 Å². The predicted octanol–water partition coefficient (Wildman–Crippen LogP) is 4.40. The van der Waals surface area contributed by atoms with E-state index in [4.69, 9.17) is 4.74 Å². The van der Waals surface area contributed by atoms with Crippen LogP contribution in [0.2, 0.25) is 0 Å². The zero-order valence-corrected chi connectivity index (χ0v) is 20.1. The molecular formula is C23H32N4O4S. The molecule has 0 atom stereocenters. The highest BCUT2D eigenvalue weighted by Gasteiger charge is 2.19. The van der Waals surface area contributed by atoms with Gasteiger partial charge in [-0.25, -0.2) is 14.6 Å². The van der Waals surface area contributed by atoms with Crippen molar-refractivity contribution >= 4 is 34.9 Å². The Morgan fingerprint density at radius 1 is 1.09 bits per heavy atom. The molecule has 174 valence electrons. The van der Waals surface area contributed by atoms with Crippen molar-refractivity contribution in [3.05, 3.63) is 45.9 Å². The highest BCUT2D eigenvalue weighted by Crippen LogP contribution is 2.16. The molecule has 0 unspecified atom stereocenters. The van der Waals surface area contributed by atoms with Crippen LogP contribution in [0, 0.1) is 11.8 Å². The van der Waals surface area contributed by atoms with Crippen LogP contribution in [0.15, 0.2) is 29.6 Å². The fraction of sp³-hybridized carbons (Fsp3) is 0.478. The third kappa shape index (κ3) is 7.96. The zero-order chi connectivity index (χ0) is 23.7. The molecular weight excluding hydrogens is 428 g/mol. The molecule has 32 heavy (non-hydrogen) atoms. The van der Waals surface area contributed by atoms with Crippen molar-refractivity contribution in [3.8, 4) is 0 Å². The average Bonchev–Trinajstić information content (AvgIpc) is 3.20. The first-order valence-corrected chi connectivity index (χ1v) is 11.6. The summed E-state index contributed by atoms with van der Waals surface area (Å²) in [5.41, 5.74) is 1.37. The summed E-state index contributed by atoms with van der Waals surface area (Å²) in [4.78, 5) is 43.0. The third-order valence-electron chi connectivity index (χ3n) is 4.30. The summed E-state index contributed by atoms with van der Waals surface area (Å²) in [5.74, 6) is 0.000854. The number of esters is 1. The maximum atomic E-state index is 12.9. The van der Waals surface area contributed by atoms with Gasteiger partial charge in [0.05, 0.1) is 18.7 Å². The van der Waals surface area contributed by atoms with Crippen LogP contribution in [-0.2, 0) is 11.3 Å². The number of aromatic nitrogens is 1. The molecule has 0 aliphatic carbocycles. The predicted molar refractivity (Wildman–Crippen MR) is 126 cm³/mol. The summed E-state index contributed by atoms with van der Waals surface area (Å²) in [7, 11) is 0. The smallest absolute Gasteiger partial charge is 0.338 e. The Labute approximate surface area is 193 Å². The van der Waals surface area contributed by atoms with Crippen molar-refractivity contribution in [2.24, 2.45) is 11.8 Å². The lowest BCUT2D eigenvalue weighted by Crippen LogP contribution is -2.37. The highest BCUT2D eigenvalue weighted by atomic mass is 32.1. The maximum absolute atomic E-state index is 12.9. The van der Waals surface area contributed by atoms with Crippen LogP contribution >= 0.6 is 11.3 Å². The van der Waals surface area contributed by atoms with Crippen molar-refractivity contribution in [2.75, 3.05) is 25.0 Å². The lowest BCUT2D eigenvalue weighted by molar-refractivity contribution is 0.0526. The molecule has 1 heterocycles. The van der Waals surface area contributed by atoms with Crippen LogP contribution in [-0.4, -0.2) is 47.5 Å². The molecule has 2 N–H and O–H groups in total. The van der Waals surface area contributed by atoms with Crippen LogP contribution in [0.25, 0.3) is 0 Å². The van der Waals surface area contributed by atoms with Crippen LogP contribution in [0.1, 0.15) is 60.5 Å². The third-order valence-corrected chi connectivity index (χ3v) is 5.14. The van der Waals surface area contributed by atoms with E-state index in [1.54, 1.807) is 41.5 Å². The van der Waals surface area contributed by atoms with E-state index in [0.717, 1.165) is 0 Å². The minimum Gasteiger partial charge on any atom is -0.462 e. The largest absolute Gasteiger partial charge is 0.462 e. The van der Waals surface area contributed by atoms with Crippen LogP contribution in [0.5, 0.6) is 0 Å². The fourth-order valence-electron chi connectivity index (χ4n) is 2.81. The molecule has 0 fully saturated rings. The zero-order valence-electron chi connectivity index (χ0n) is 19.3. The molecule has 0 saturated heterocycles. The quantitative estimate of drug-likeness (QED) is 0.512. The number of nitrogens with zero attached hydrogens (tertiary/aromatic N) is 2. The number of thiazole rings is 1. The standard InChI is InChI=1S/C23H32N4O4S/c1-6-31-22(29)17-7-9-18(10-8-17)25-23(30)27(12-16(4)5)13-20-26-19(14-32-20)21(28)24-11-15(2)3/h7-10,14-16H,6,11-13H2,1-5H3,(H,24,28)(H,25,30). The van der Waals surface area contributed by atoms with Gasteiger partial charge in [-0.3, -0.25) is 4.79 Å². The molecule has 0 aliphatic heterocycles. The van der Waals surface area contributed by atoms with Gasteiger partial charge in [0.1, 0.15) is 10.7 Å². The average molecular weight is 461 g/mol. The minimum absolute atomic E-state index is 0.206. The van der Waals surface area contributed by atoms with E-state index in [2.05, 4.69) is 15.6 Å². The number of ether oxygens (including phenoxy) is 1. The van der Waals surface area contributed by atoms with Gasteiger partial charge in [0.25, 0.3) is 5.91 Å². The normalized spacial score (nSPS) is 10.8. The molecule has 1 aromatic heterocycles. The number of carbonyl (C=O) groups is 3. The van der Waals surface area contributed by atoms with Gasteiger partial charge in [-0.05, 0) is 43.0 Å². The van der Waals surface area contributed by atoms with Gasteiger partial charge in [-0.2, -0.15) is 0 Å². The summed E-state index contributed by atoms with van der Waals surface area (Å²) >= 11 is 1.36. The second kappa shape index (κ2) is 12.2. The molecule has 0 bridgehead atoms. The monoisotopic (exact) mass is 460 g/mol. The topological polar surface area (TPSA) is 101 Å². The molecule has 3 amide bonds. The van der Waals surface area contributed by atoms with Gasteiger partial charge in [-0.1, -0.05) is 27.7 Å². The molecule has 2 aromatic rings. The van der Waals surface area contributed by atoms with E-state index in [0.29, 0.717) is 54.1 Å². The number of nitrogens with one attached hydrogen (secondary N) is 2. The Bertz CT molecular complexity index is 909. The second-order valence-corrected chi connectivity index (χ2v) is 9.18. The first-order chi connectivity index (χ1) is 15.2. The lowest BCUT2D eigenvalue weighted by Gasteiger charge is -2.24. The van der Waals surface area contributed by atoms with Gasteiger partial charge in [-0.15, -0.1) is 11.3 Å². The number of hydrogen-bond donors (Lipinski definition) is 2. The molecule has 9 heteroatoms. The van der Waals surface area contributed by atoms with Gasteiger partial charge in [0, 0.05) is 24.2 Å². The summed E-state index contributed by atoms with van der Waals surface area (Å²) in [6, 6.07) is 6.28. The molecule has 8 nitrogen and oxygen atoms in total. The van der Waals surface area contributed by atoms with Crippen molar-refractivity contribution in [3.63, 3.8) is 0 Å². The SMILES string of the molecule is CCOC(=O)c1ccc(NC(=O)N(Cc2nc(C(=O)NCC(C)C)cs2)CC(C)C)cc1. The van der Waals surface area contributed by atoms with Crippen molar-refractivity contribution in [2.45, 2.75) is 41.2 Å². The number of anilines is 1. The van der Waals surface area contributed by atoms with Gasteiger partial charge in [0.2, 0.25) is 0 Å². The first kappa shape index (κ1) is 25.3. The van der Waals surface area contributed by atoms with E-state index >= 15 is 0 Å². The second-order valence-electron chi connectivity index (χ2n) is 8.23. The van der Waals surface area contributed by atoms with Crippen molar-refractivity contribution in [1.82, 2.24) is 15.2 Å².